The molecule has 7 heteroatoms. The zero-order chi connectivity index (χ0) is 18.6. The van der Waals surface area contributed by atoms with E-state index in [1.807, 2.05) is 28.5 Å². The highest BCUT2D eigenvalue weighted by molar-refractivity contribution is 7.12. The molecule has 1 N–H and O–H groups in total. The van der Waals surface area contributed by atoms with Gasteiger partial charge in [0.25, 0.3) is 5.91 Å². The van der Waals surface area contributed by atoms with Crippen LogP contribution in [0.2, 0.25) is 0 Å². The van der Waals surface area contributed by atoms with Crippen molar-refractivity contribution in [3.05, 3.63) is 70.4 Å². The van der Waals surface area contributed by atoms with Crippen LogP contribution in [0.15, 0.2) is 54.0 Å². The summed E-state index contributed by atoms with van der Waals surface area (Å²) in [5.74, 6) is 0.367. The van der Waals surface area contributed by atoms with Crippen LogP contribution in [0.4, 0.5) is 16.0 Å². The fourth-order valence-corrected chi connectivity index (χ4v) is 4.01. The van der Waals surface area contributed by atoms with Crippen LogP contribution in [0.5, 0.6) is 0 Å². The van der Waals surface area contributed by atoms with Crippen molar-refractivity contribution in [2.75, 3.05) is 18.4 Å². The lowest BCUT2D eigenvalue weighted by molar-refractivity contribution is 0.0711. The molecule has 5 nitrogen and oxygen atoms in total. The first-order valence-corrected chi connectivity index (χ1v) is 9.75. The zero-order valence-electron chi connectivity index (χ0n) is 14.6. The molecule has 1 saturated heterocycles. The average molecular weight is 382 g/mol. The van der Waals surface area contributed by atoms with Crippen LogP contribution in [0.3, 0.4) is 0 Å². The van der Waals surface area contributed by atoms with E-state index in [9.17, 15) is 9.18 Å². The Morgan fingerprint density at radius 3 is 3.00 bits per heavy atom. The highest BCUT2D eigenvalue weighted by atomic mass is 32.1. The Hall–Kier alpha value is -2.80. The third-order valence-corrected chi connectivity index (χ3v) is 5.47. The molecule has 1 atom stereocenters. The van der Waals surface area contributed by atoms with E-state index < -0.39 is 0 Å². The van der Waals surface area contributed by atoms with Crippen molar-refractivity contribution in [1.29, 1.82) is 0 Å². The molecule has 1 aromatic carbocycles. The lowest BCUT2D eigenvalue weighted by Gasteiger charge is -2.32. The number of nitrogens with zero attached hydrogens (tertiary/aromatic N) is 3. The van der Waals surface area contributed by atoms with E-state index in [1.165, 1.54) is 23.5 Å². The van der Waals surface area contributed by atoms with Crippen molar-refractivity contribution in [3.8, 4) is 0 Å². The molecule has 1 aliphatic rings. The normalized spacial score (nSPS) is 16.9. The summed E-state index contributed by atoms with van der Waals surface area (Å²) in [6.45, 7) is 1.42. The van der Waals surface area contributed by atoms with Crippen molar-refractivity contribution in [2.24, 2.45) is 0 Å². The van der Waals surface area contributed by atoms with Crippen molar-refractivity contribution in [3.63, 3.8) is 0 Å². The molecular weight excluding hydrogens is 363 g/mol. The number of hydrogen-bond donors (Lipinski definition) is 1. The Morgan fingerprint density at radius 2 is 2.19 bits per heavy atom. The number of nitrogens with one attached hydrogen (secondary N) is 1. The third kappa shape index (κ3) is 4.14. The molecule has 1 aliphatic heterocycles. The Balaban J connectivity index is 1.48. The highest BCUT2D eigenvalue weighted by Gasteiger charge is 2.27. The topological polar surface area (TPSA) is 58.1 Å². The predicted octanol–water partition coefficient (Wildman–Crippen LogP) is 4.44. The molecule has 0 saturated carbocycles. The van der Waals surface area contributed by atoms with Crippen LogP contribution in [0.25, 0.3) is 0 Å². The molecule has 0 aliphatic carbocycles. The molecule has 4 rings (SSSR count). The number of halogens is 1. The first-order valence-electron chi connectivity index (χ1n) is 8.87. The number of thiophene rings is 1. The van der Waals surface area contributed by atoms with Gasteiger partial charge in [0.15, 0.2) is 0 Å². The van der Waals surface area contributed by atoms with E-state index in [4.69, 9.17) is 0 Å². The second-order valence-corrected chi connectivity index (χ2v) is 7.46. The average Bonchev–Trinajstić information content (AvgIpc) is 3.23. The third-order valence-electron chi connectivity index (χ3n) is 4.62. The van der Waals surface area contributed by atoms with Gasteiger partial charge in [0, 0.05) is 30.9 Å². The first-order chi connectivity index (χ1) is 13.2. The summed E-state index contributed by atoms with van der Waals surface area (Å²) in [6, 6.07) is 11.8. The van der Waals surface area contributed by atoms with Crippen LogP contribution >= 0.6 is 11.3 Å². The van der Waals surface area contributed by atoms with Crippen LogP contribution in [0.1, 0.15) is 34.1 Å². The van der Waals surface area contributed by atoms with Gasteiger partial charge in [0.1, 0.15) is 5.82 Å². The maximum atomic E-state index is 13.4. The summed E-state index contributed by atoms with van der Waals surface area (Å²) < 4.78 is 13.4. The van der Waals surface area contributed by atoms with Crippen LogP contribution < -0.4 is 5.32 Å². The number of benzene rings is 1. The van der Waals surface area contributed by atoms with E-state index in [0.717, 1.165) is 30.0 Å². The zero-order valence-corrected chi connectivity index (χ0v) is 15.5. The molecule has 0 spiro atoms. The Bertz CT molecular complexity index is 931. The van der Waals surface area contributed by atoms with Crippen LogP contribution in [-0.2, 0) is 0 Å². The maximum absolute atomic E-state index is 13.4. The van der Waals surface area contributed by atoms with Gasteiger partial charge in [0.2, 0.25) is 5.95 Å². The first kappa shape index (κ1) is 17.6. The van der Waals surface area contributed by atoms with Gasteiger partial charge in [-0.25, -0.2) is 14.4 Å². The maximum Gasteiger partial charge on any atom is 0.263 e. The smallest absolute Gasteiger partial charge is 0.263 e. The van der Waals surface area contributed by atoms with Gasteiger partial charge >= 0.3 is 0 Å². The summed E-state index contributed by atoms with van der Waals surface area (Å²) in [5.41, 5.74) is 1.50. The number of piperidine rings is 1. The minimum atomic E-state index is -0.314. The number of rotatable bonds is 4. The lowest BCUT2D eigenvalue weighted by Crippen LogP contribution is -2.39. The predicted molar refractivity (Wildman–Crippen MR) is 104 cm³/mol. The van der Waals surface area contributed by atoms with Crippen molar-refractivity contribution in [1.82, 2.24) is 14.9 Å². The molecule has 0 unspecified atom stereocenters. The number of aromatic nitrogens is 2. The lowest BCUT2D eigenvalue weighted by atomic mass is 9.94. The minimum absolute atomic E-state index is 0.0851. The van der Waals surface area contributed by atoms with Crippen LogP contribution in [-0.4, -0.2) is 33.9 Å². The number of likely N-dealkylation sites (tertiary alicyclic amines) is 1. The van der Waals surface area contributed by atoms with Gasteiger partial charge in [-0.1, -0.05) is 12.1 Å². The molecule has 2 aromatic heterocycles. The SMILES string of the molecule is O=C(c1cccs1)N1CCC[C@H](c2ccnc(Nc3cccc(F)c3)n2)C1. The van der Waals surface area contributed by atoms with Crippen LogP contribution in [0, 0.1) is 5.82 Å². The van der Waals surface area contributed by atoms with Gasteiger partial charge in [-0.2, -0.15) is 0 Å². The van der Waals surface area contributed by atoms with E-state index in [2.05, 4.69) is 15.3 Å². The van der Waals surface area contributed by atoms with Gasteiger partial charge in [-0.3, -0.25) is 4.79 Å². The second-order valence-electron chi connectivity index (χ2n) is 6.51. The molecule has 1 fully saturated rings. The molecule has 27 heavy (non-hydrogen) atoms. The molecule has 3 aromatic rings. The Labute approximate surface area is 160 Å². The fourth-order valence-electron chi connectivity index (χ4n) is 3.31. The number of carbonyl (C=O) groups is 1. The summed E-state index contributed by atoms with van der Waals surface area (Å²) in [6.07, 6.45) is 3.62. The number of hydrogen-bond acceptors (Lipinski definition) is 5. The largest absolute Gasteiger partial charge is 0.337 e. The Morgan fingerprint density at radius 1 is 1.26 bits per heavy atom. The van der Waals surface area contributed by atoms with E-state index in [0.29, 0.717) is 18.2 Å². The minimum Gasteiger partial charge on any atom is -0.337 e. The second kappa shape index (κ2) is 7.84. The summed E-state index contributed by atoms with van der Waals surface area (Å²) in [7, 11) is 0. The molecule has 138 valence electrons. The monoisotopic (exact) mass is 382 g/mol. The number of anilines is 2. The van der Waals surface area contributed by atoms with E-state index in [1.54, 1.807) is 18.3 Å². The van der Waals surface area contributed by atoms with Crippen molar-refractivity contribution >= 4 is 28.9 Å². The molecule has 1 amide bonds. The molecule has 0 radical (unpaired) electrons. The quantitative estimate of drug-likeness (QED) is 0.725. The summed E-state index contributed by atoms with van der Waals surface area (Å²) >= 11 is 1.47. The van der Waals surface area contributed by atoms with E-state index >= 15 is 0 Å². The van der Waals surface area contributed by atoms with Crippen molar-refractivity contribution in [2.45, 2.75) is 18.8 Å². The van der Waals surface area contributed by atoms with Gasteiger partial charge in [-0.15, -0.1) is 11.3 Å². The fraction of sp³-hybridized carbons (Fsp3) is 0.250. The van der Waals surface area contributed by atoms with Crippen molar-refractivity contribution < 1.29 is 9.18 Å². The summed E-state index contributed by atoms with van der Waals surface area (Å²) in [5, 5.41) is 4.96. The van der Waals surface area contributed by atoms with Gasteiger partial charge in [0.05, 0.1) is 10.6 Å². The van der Waals surface area contributed by atoms with E-state index in [-0.39, 0.29) is 17.6 Å². The number of carbonyl (C=O) groups excluding carboxylic acids is 1. The standard InChI is InChI=1S/C20H19FN4OS/c21-15-5-1-6-16(12-15)23-20-22-9-8-17(24-20)14-4-2-10-25(13-14)19(26)18-7-3-11-27-18/h1,3,5-9,11-12,14H,2,4,10,13H2,(H,22,23,24)/t14-/m0/s1. The number of amides is 1. The van der Waals surface area contributed by atoms with Gasteiger partial charge < -0.3 is 10.2 Å². The highest BCUT2D eigenvalue weighted by Crippen LogP contribution is 2.28. The molecular formula is C20H19FN4OS. The van der Waals surface area contributed by atoms with Gasteiger partial charge in [-0.05, 0) is 48.6 Å². The Kier molecular flexibility index (Phi) is 5.11. The summed E-state index contributed by atoms with van der Waals surface area (Å²) in [4.78, 5) is 24.1. The molecule has 3 heterocycles. The molecule has 0 bridgehead atoms.